The number of imidazole rings is 1. The number of ether oxygens (including phenoxy) is 1. The van der Waals surface area contributed by atoms with Crippen LogP contribution in [0.4, 0.5) is 0 Å². The van der Waals surface area contributed by atoms with Crippen LogP contribution in [0.25, 0.3) is 5.69 Å². The lowest BCUT2D eigenvalue weighted by Crippen LogP contribution is -2.36. The third-order valence-corrected chi connectivity index (χ3v) is 3.90. The van der Waals surface area contributed by atoms with Crippen LogP contribution in [-0.4, -0.2) is 21.6 Å². The van der Waals surface area contributed by atoms with E-state index in [1.54, 1.807) is 19.4 Å². The average molecular weight is 335 g/mol. The molecule has 3 rings (SSSR count). The number of hydrogen-bond acceptors (Lipinski definition) is 3. The molecule has 0 saturated heterocycles. The summed E-state index contributed by atoms with van der Waals surface area (Å²) in [4.78, 5) is 16.4. The number of carbonyl (C=O) groups excluding carboxylic acids is 1. The molecule has 1 amide bonds. The lowest BCUT2D eigenvalue weighted by atomic mass is 10.1. The van der Waals surface area contributed by atoms with Gasteiger partial charge in [0, 0.05) is 18.9 Å². The van der Waals surface area contributed by atoms with E-state index in [1.807, 2.05) is 66.2 Å². The van der Waals surface area contributed by atoms with E-state index in [4.69, 9.17) is 4.74 Å². The average Bonchev–Trinajstić information content (AvgIpc) is 3.14. The highest BCUT2D eigenvalue weighted by Crippen LogP contribution is 2.15. The summed E-state index contributed by atoms with van der Waals surface area (Å²) < 4.78 is 7.65. The molecule has 0 aliphatic heterocycles. The predicted molar refractivity (Wildman–Crippen MR) is 96.7 cm³/mol. The van der Waals surface area contributed by atoms with Crippen molar-refractivity contribution in [3.63, 3.8) is 0 Å². The van der Waals surface area contributed by atoms with Crippen LogP contribution in [0.15, 0.2) is 67.3 Å². The summed E-state index contributed by atoms with van der Waals surface area (Å²) in [6.07, 6.45) is 4.78. The number of nitrogens with one attached hydrogen (secondary N) is 1. The van der Waals surface area contributed by atoms with Crippen molar-refractivity contribution in [2.75, 3.05) is 0 Å². The van der Waals surface area contributed by atoms with Crippen molar-refractivity contribution < 1.29 is 9.53 Å². The molecule has 2 aromatic carbocycles. The number of benzene rings is 2. The Balaban J connectivity index is 1.63. The van der Waals surface area contributed by atoms with Gasteiger partial charge in [0.1, 0.15) is 5.75 Å². The topological polar surface area (TPSA) is 56.1 Å². The maximum absolute atomic E-state index is 12.3. The summed E-state index contributed by atoms with van der Waals surface area (Å²) in [5.74, 6) is 0.545. The van der Waals surface area contributed by atoms with Crippen molar-refractivity contribution in [3.8, 4) is 11.4 Å². The third-order valence-electron chi connectivity index (χ3n) is 3.90. The van der Waals surface area contributed by atoms with E-state index >= 15 is 0 Å². The number of aryl methyl sites for hydroxylation is 1. The van der Waals surface area contributed by atoms with Gasteiger partial charge in [-0.05, 0) is 43.2 Å². The van der Waals surface area contributed by atoms with Gasteiger partial charge >= 0.3 is 0 Å². The molecule has 1 heterocycles. The van der Waals surface area contributed by atoms with E-state index in [0.717, 1.165) is 16.8 Å². The number of amides is 1. The number of carbonyl (C=O) groups is 1. The first kappa shape index (κ1) is 16.8. The van der Waals surface area contributed by atoms with Crippen LogP contribution in [0.3, 0.4) is 0 Å². The molecule has 0 spiro atoms. The molecule has 5 nitrogen and oxygen atoms in total. The molecule has 1 N–H and O–H groups in total. The largest absolute Gasteiger partial charge is 0.481 e. The minimum atomic E-state index is -0.567. The van der Waals surface area contributed by atoms with Crippen molar-refractivity contribution >= 4 is 5.91 Å². The quantitative estimate of drug-likeness (QED) is 0.752. The van der Waals surface area contributed by atoms with Gasteiger partial charge < -0.3 is 14.6 Å². The summed E-state index contributed by atoms with van der Waals surface area (Å²) >= 11 is 0. The fraction of sp³-hybridized carbons (Fsp3) is 0.200. The molecule has 5 heteroatoms. The number of hydrogen-bond donors (Lipinski definition) is 1. The molecular weight excluding hydrogens is 314 g/mol. The highest BCUT2D eigenvalue weighted by Gasteiger charge is 2.15. The second kappa shape index (κ2) is 7.66. The SMILES string of the molecule is Cc1cccc(O[C@H](C)C(=O)NCc2ccccc2-n2ccnc2)c1. The number of rotatable bonds is 6. The van der Waals surface area contributed by atoms with Gasteiger partial charge in [0.15, 0.2) is 6.10 Å². The molecule has 0 fully saturated rings. The standard InChI is InChI=1S/C20H21N3O2/c1-15-6-5-8-18(12-15)25-16(2)20(24)22-13-17-7-3-4-9-19(17)23-11-10-21-14-23/h3-12,14,16H,13H2,1-2H3,(H,22,24)/t16-/m1/s1. The Kier molecular flexibility index (Phi) is 5.14. The predicted octanol–water partition coefficient (Wildman–Crippen LogP) is 3.26. The van der Waals surface area contributed by atoms with Gasteiger partial charge in [-0.15, -0.1) is 0 Å². The Morgan fingerprint density at radius 1 is 1.24 bits per heavy atom. The minimum absolute atomic E-state index is 0.151. The van der Waals surface area contributed by atoms with Crippen molar-refractivity contribution in [2.24, 2.45) is 0 Å². The summed E-state index contributed by atoms with van der Waals surface area (Å²) in [6.45, 7) is 4.17. The van der Waals surface area contributed by atoms with Crippen molar-refractivity contribution in [1.82, 2.24) is 14.9 Å². The van der Waals surface area contributed by atoms with Gasteiger partial charge in [0.2, 0.25) is 0 Å². The molecule has 0 aliphatic rings. The smallest absolute Gasteiger partial charge is 0.261 e. The lowest BCUT2D eigenvalue weighted by molar-refractivity contribution is -0.127. The van der Waals surface area contributed by atoms with E-state index in [2.05, 4.69) is 10.3 Å². The zero-order chi connectivity index (χ0) is 17.6. The Labute approximate surface area is 147 Å². The molecule has 3 aromatic rings. The molecule has 0 aliphatic carbocycles. The third kappa shape index (κ3) is 4.26. The van der Waals surface area contributed by atoms with Crippen LogP contribution in [0.5, 0.6) is 5.75 Å². The Hall–Kier alpha value is -3.08. The molecule has 0 radical (unpaired) electrons. The van der Waals surface area contributed by atoms with E-state index < -0.39 is 6.10 Å². The fourth-order valence-corrected chi connectivity index (χ4v) is 2.59. The van der Waals surface area contributed by atoms with Crippen LogP contribution >= 0.6 is 0 Å². The van der Waals surface area contributed by atoms with Crippen LogP contribution in [0, 0.1) is 6.92 Å². The van der Waals surface area contributed by atoms with Crippen LogP contribution < -0.4 is 10.1 Å². The van der Waals surface area contributed by atoms with Gasteiger partial charge in [-0.3, -0.25) is 4.79 Å². The van der Waals surface area contributed by atoms with Gasteiger partial charge in [-0.2, -0.15) is 0 Å². The zero-order valence-corrected chi connectivity index (χ0v) is 14.3. The van der Waals surface area contributed by atoms with E-state index in [9.17, 15) is 4.79 Å². The molecule has 1 atom stereocenters. The highest BCUT2D eigenvalue weighted by atomic mass is 16.5. The Morgan fingerprint density at radius 2 is 2.08 bits per heavy atom. The van der Waals surface area contributed by atoms with Gasteiger partial charge in [0.05, 0.1) is 12.0 Å². The van der Waals surface area contributed by atoms with E-state index in [1.165, 1.54) is 0 Å². The molecule has 0 unspecified atom stereocenters. The fourth-order valence-electron chi connectivity index (χ4n) is 2.59. The monoisotopic (exact) mass is 335 g/mol. The maximum atomic E-state index is 12.3. The summed E-state index contributed by atoms with van der Waals surface area (Å²) in [6, 6.07) is 15.6. The van der Waals surface area contributed by atoms with Gasteiger partial charge in [-0.25, -0.2) is 4.98 Å². The lowest BCUT2D eigenvalue weighted by Gasteiger charge is -2.16. The second-order valence-electron chi connectivity index (χ2n) is 5.89. The first-order valence-electron chi connectivity index (χ1n) is 8.21. The van der Waals surface area contributed by atoms with Crippen LogP contribution in [0.1, 0.15) is 18.1 Å². The molecular formula is C20H21N3O2. The summed E-state index contributed by atoms with van der Waals surface area (Å²) in [7, 11) is 0. The molecule has 1 aromatic heterocycles. The normalized spacial score (nSPS) is 11.8. The summed E-state index contributed by atoms with van der Waals surface area (Å²) in [5.41, 5.74) is 3.10. The number of para-hydroxylation sites is 1. The molecule has 25 heavy (non-hydrogen) atoms. The zero-order valence-electron chi connectivity index (χ0n) is 14.3. The molecule has 128 valence electrons. The number of nitrogens with zero attached hydrogens (tertiary/aromatic N) is 2. The van der Waals surface area contributed by atoms with Crippen molar-refractivity contribution in [3.05, 3.63) is 78.4 Å². The molecule has 0 bridgehead atoms. The molecule has 0 saturated carbocycles. The van der Waals surface area contributed by atoms with E-state index in [-0.39, 0.29) is 5.91 Å². The van der Waals surface area contributed by atoms with Crippen LogP contribution in [0.2, 0.25) is 0 Å². The first-order chi connectivity index (χ1) is 12.1. The minimum Gasteiger partial charge on any atom is -0.481 e. The maximum Gasteiger partial charge on any atom is 0.261 e. The van der Waals surface area contributed by atoms with Crippen LogP contribution in [-0.2, 0) is 11.3 Å². The first-order valence-corrected chi connectivity index (χ1v) is 8.21. The second-order valence-corrected chi connectivity index (χ2v) is 5.89. The number of aromatic nitrogens is 2. The van der Waals surface area contributed by atoms with Crippen molar-refractivity contribution in [1.29, 1.82) is 0 Å². The highest BCUT2D eigenvalue weighted by molar-refractivity contribution is 5.80. The van der Waals surface area contributed by atoms with Gasteiger partial charge in [-0.1, -0.05) is 30.3 Å². The van der Waals surface area contributed by atoms with Gasteiger partial charge in [0.25, 0.3) is 5.91 Å². The van der Waals surface area contributed by atoms with Crippen molar-refractivity contribution in [2.45, 2.75) is 26.5 Å². The van der Waals surface area contributed by atoms with E-state index in [0.29, 0.717) is 12.3 Å². The Bertz CT molecular complexity index is 844. The summed E-state index contributed by atoms with van der Waals surface area (Å²) in [5, 5.41) is 2.94. The Morgan fingerprint density at radius 3 is 2.84 bits per heavy atom.